The number of fused-ring (bicyclic) bond motifs is 1. The second-order valence-corrected chi connectivity index (χ2v) is 10.2. The first kappa shape index (κ1) is 26.5. The molecular weight excluding hydrogens is 494 g/mol. The van der Waals surface area contributed by atoms with Gasteiger partial charge in [-0.1, -0.05) is 31.9 Å². The lowest BCUT2D eigenvalue weighted by Crippen LogP contribution is -2.31. The highest BCUT2D eigenvalue weighted by atomic mass is 16.5. The maximum atomic E-state index is 13.4. The summed E-state index contributed by atoms with van der Waals surface area (Å²) in [5.41, 5.74) is 2.29. The first-order chi connectivity index (χ1) is 19.0. The number of imidazole rings is 1. The van der Waals surface area contributed by atoms with Crippen LogP contribution in [0, 0.1) is 0 Å². The summed E-state index contributed by atoms with van der Waals surface area (Å²) >= 11 is 0. The Morgan fingerprint density at radius 1 is 1.13 bits per heavy atom. The molecule has 2 atom stereocenters. The lowest BCUT2D eigenvalue weighted by Gasteiger charge is -2.26. The van der Waals surface area contributed by atoms with E-state index in [0.29, 0.717) is 37.4 Å². The second kappa shape index (κ2) is 11.8. The molecule has 8 nitrogen and oxygen atoms in total. The second-order valence-electron chi connectivity index (χ2n) is 10.2. The van der Waals surface area contributed by atoms with Crippen molar-refractivity contribution in [2.45, 2.75) is 64.6 Å². The molecular formula is C31H35N3O5. The van der Waals surface area contributed by atoms with Gasteiger partial charge in [-0.25, -0.2) is 4.98 Å². The summed E-state index contributed by atoms with van der Waals surface area (Å²) in [6.07, 6.45) is 9.84. The molecule has 2 aromatic carbocycles. The van der Waals surface area contributed by atoms with Gasteiger partial charge in [-0.05, 0) is 61.2 Å². The molecule has 0 saturated carbocycles. The zero-order chi connectivity index (χ0) is 27.4. The lowest BCUT2D eigenvalue weighted by atomic mass is 9.94. The van der Waals surface area contributed by atoms with Crippen LogP contribution in [0.5, 0.6) is 11.5 Å². The van der Waals surface area contributed by atoms with Crippen molar-refractivity contribution in [2.75, 3.05) is 13.2 Å². The monoisotopic (exact) mass is 529 g/mol. The first-order valence-electron chi connectivity index (χ1n) is 13.7. The summed E-state index contributed by atoms with van der Waals surface area (Å²) in [7, 11) is 0. The molecule has 1 N–H and O–H groups in total. The molecule has 39 heavy (non-hydrogen) atoms. The summed E-state index contributed by atoms with van der Waals surface area (Å²) < 4.78 is 13.7. The van der Waals surface area contributed by atoms with E-state index in [-0.39, 0.29) is 17.4 Å². The van der Waals surface area contributed by atoms with Crippen molar-refractivity contribution in [3.05, 3.63) is 83.4 Å². The fraction of sp³-hybridized carbons (Fsp3) is 0.387. The van der Waals surface area contributed by atoms with Crippen LogP contribution < -0.4 is 9.47 Å². The number of aryl methyl sites for hydroxylation is 1. The average molecular weight is 530 g/mol. The van der Waals surface area contributed by atoms with E-state index in [4.69, 9.17) is 9.47 Å². The number of nitrogens with zero attached hydrogens (tertiary/aromatic N) is 3. The van der Waals surface area contributed by atoms with Gasteiger partial charge in [0, 0.05) is 37.5 Å². The van der Waals surface area contributed by atoms with Gasteiger partial charge in [0.1, 0.15) is 23.4 Å². The predicted molar refractivity (Wildman–Crippen MR) is 148 cm³/mol. The number of hydrogen-bond donors (Lipinski definition) is 1. The molecule has 5 rings (SSSR count). The third-order valence-electron chi connectivity index (χ3n) is 7.27. The van der Waals surface area contributed by atoms with Gasteiger partial charge in [-0.2, -0.15) is 0 Å². The number of unbranched alkanes of at least 4 members (excludes halogenated alkanes) is 2. The average Bonchev–Trinajstić information content (AvgIpc) is 3.65. The summed E-state index contributed by atoms with van der Waals surface area (Å²) in [6, 6.07) is 12.2. The van der Waals surface area contributed by atoms with E-state index >= 15 is 0 Å². The van der Waals surface area contributed by atoms with Gasteiger partial charge in [-0.3, -0.25) is 9.59 Å². The SMILES string of the molecule is CCCCCOc1cccc([C@H]2C(=C(O)c3ccc4c(c3)C[C@@H](C)O4)C(=O)C(=O)N2CCCn2ccnc2)c1. The highest BCUT2D eigenvalue weighted by molar-refractivity contribution is 6.46. The van der Waals surface area contributed by atoms with Crippen molar-refractivity contribution in [3.8, 4) is 11.5 Å². The summed E-state index contributed by atoms with van der Waals surface area (Å²) in [6.45, 7) is 5.73. The molecule has 2 aliphatic rings. The van der Waals surface area contributed by atoms with Crippen LogP contribution in [-0.4, -0.2) is 50.5 Å². The number of ether oxygens (including phenoxy) is 2. The fourth-order valence-corrected chi connectivity index (χ4v) is 5.34. The Morgan fingerprint density at radius 2 is 2.00 bits per heavy atom. The van der Waals surface area contributed by atoms with Crippen LogP contribution in [0.4, 0.5) is 0 Å². The van der Waals surface area contributed by atoms with Crippen molar-refractivity contribution < 1.29 is 24.2 Å². The minimum absolute atomic E-state index is 0.0542. The molecule has 1 fully saturated rings. The van der Waals surface area contributed by atoms with E-state index in [2.05, 4.69) is 11.9 Å². The molecule has 8 heteroatoms. The van der Waals surface area contributed by atoms with Crippen LogP contribution in [0.15, 0.2) is 66.8 Å². The van der Waals surface area contributed by atoms with Crippen LogP contribution in [0.3, 0.4) is 0 Å². The van der Waals surface area contributed by atoms with Gasteiger partial charge in [0.15, 0.2) is 0 Å². The van der Waals surface area contributed by atoms with E-state index in [0.717, 1.165) is 42.6 Å². The number of benzene rings is 2. The molecule has 2 aliphatic heterocycles. The topological polar surface area (TPSA) is 93.9 Å². The number of aliphatic hydroxyl groups is 1. The number of likely N-dealkylation sites (tertiary alicyclic amines) is 1. The Hall–Kier alpha value is -4.07. The normalized spacial score (nSPS) is 19.8. The van der Waals surface area contributed by atoms with Gasteiger partial charge in [0.25, 0.3) is 11.7 Å². The molecule has 0 unspecified atom stereocenters. The first-order valence-corrected chi connectivity index (χ1v) is 13.7. The minimum Gasteiger partial charge on any atom is -0.507 e. The van der Waals surface area contributed by atoms with Gasteiger partial charge in [-0.15, -0.1) is 0 Å². The number of ketones is 1. The molecule has 0 bridgehead atoms. The number of rotatable bonds is 11. The Labute approximate surface area is 228 Å². The van der Waals surface area contributed by atoms with Crippen molar-refractivity contribution in [1.29, 1.82) is 0 Å². The number of aromatic nitrogens is 2. The van der Waals surface area contributed by atoms with Crippen LogP contribution >= 0.6 is 0 Å². The third-order valence-corrected chi connectivity index (χ3v) is 7.27. The molecule has 1 aromatic heterocycles. The van der Waals surface area contributed by atoms with Gasteiger partial charge in [0.05, 0.1) is 24.5 Å². The maximum absolute atomic E-state index is 13.4. The van der Waals surface area contributed by atoms with Crippen LogP contribution in [-0.2, 0) is 22.6 Å². The molecule has 3 heterocycles. The van der Waals surface area contributed by atoms with Crippen molar-refractivity contribution in [2.24, 2.45) is 0 Å². The van der Waals surface area contributed by atoms with E-state index in [1.165, 1.54) is 0 Å². The number of carbonyl (C=O) groups is 2. The molecule has 0 aliphatic carbocycles. The van der Waals surface area contributed by atoms with Crippen molar-refractivity contribution in [1.82, 2.24) is 14.5 Å². The number of amides is 1. The maximum Gasteiger partial charge on any atom is 0.295 e. The van der Waals surface area contributed by atoms with E-state index in [1.807, 2.05) is 54.1 Å². The largest absolute Gasteiger partial charge is 0.507 e. The number of hydrogen-bond acceptors (Lipinski definition) is 6. The number of Topliss-reactive ketones (excluding diaryl/α,β-unsaturated/α-hetero) is 1. The highest BCUT2D eigenvalue weighted by Gasteiger charge is 2.46. The Morgan fingerprint density at radius 3 is 2.79 bits per heavy atom. The van der Waals surface area contributed by atoms with Crippen LogP contribution in [0.1, 0.15) is 62.3 Å². The van der Waals surface area contributed by atoms with Gasteiger partial charge >= 0.3 is 0 Å². The van der Waals surface area contributed by atoms with Crippen LogP contribution in [0.25, 0.3) is 5.76 Å². The van der Waals surface area contributed by atoms with Crippen LogP contribution in [0.2, 0.25) is 0 Å². The van der Waals surface area contributed by atoms with Gasteiger partial charge in [0.2, 0.25) is 0 Å². The summed E-state index contributed by atoms with van der Waals surface area (Å²) in [4.78, 5) is 32.4. The quantitative estimate of drug-likeness (QED) is 0.157. The van der Waals surface area contributed by atoms with Crippen molar-refractivity contribution >= 4 is 17.4 Å². The van der Waals surface area contributed by atoms with E-state index in [9.17, 15) is 14.7 Å². The number of aliphatic hydroxyl groups excluding tert-OH is 1. The fourth-order valence-electron chi connectivity index (χ4n) is 5.34. The van der Waals surface area contributed by atoms with E-state index < -0.39 is 17.7 Å². The smallest absolute Gasteiger partial charge is 0.295 e. The Kier molecular flexibility index (Phi) is 8.00. The van der Waals surface area contributed by atoms with E-state index in [1.54, 1.807) is 23.5 Å². The molecule has 1 amide bonds. The molecule has 204 valence electrons. The lowest BCUT2D eigenvalue weighted by molar-refractivity contribution is -0.139. The van der Waals surface area contributed by atoms with Crippen molar-refractivity contribution in [3.63, 3.8) is 0 Å². The molecule has 0 radical (unpaired) electrons. The molecule has 1 saturated heterocycles. The standard InChI is InChI=1S/C31H35N3O5/c1-3-4-5-16-38-25-9-6-8-22(19-25)28-27(29(35)23-10-11-26-24(18-23)17-21(2)39-26)30(36)31(37)34(28)14-7-13-33-15-12-32-20-33/h6,8-12,15,18-21,28,35H,3-5,7,13-14,16-17H2,1-2H3/t21-,28+/m1/s1. The Balaban J connectivity index is 1.49. The minimum atomic E-state index is -0.726. The molecule has 3 aromatic rings. The predicted octanol–water partition coefficient (Wildman–Crippen LogP) is 5.29. The Bertz CT molecular complexity index is 1360. The number of carbonyl (C=O) groups excluding carboxylic acids is 2. The van der Waals surface area contributed by atoms with Gasteiger partial charge < -0.3 is 24.0 Å². The summed E-state index contributed by atoms with van der Waals surface area (Å²) in [5, 5.41) is 11.5. The highest BCUT2D eigenvalue weighted by Crippen LogP contribution is 2.41. The molecule has 0 spiro atoms. The zero-order valence-electron chi connectivity index (χ0n) is 22.5. The third kappa shape index (κ3) is 5.70. The zero-order valence-corrected chi connectivity index (χ0v) is 22.5. The summed E-state index contributed by atoms with van der Waals surface area (Å²) in [5.74, 6) is -0.00842.